The zero-order chi connectivity index (χ0) is 15.2. The summed E-state index contributed by atoms with van der Waals surface area (Å²) in [5.74, 6) is -0.516. The summed E-state index contributed by atoms with van der Waals surface area (Å²) < 4.78 is 25.4. The van der Waals surface area contributed by atoms with Crippen molar-refractivity contribution in [3.8, 4) is 0 Å². The molecule has 0 spiro atoms. The fourth-order valence-electron chi connectivity index (χ4n) is 1.05. The van der Waals surface area contributed by atoms with Crippen molar-refractivity contribution >= 4 is 5.97 Å². The molecule has 1 unspecified atom stereocenters. The highest BCUT2D eigenvalue weighted by Crippen LogP contribution is 2.00. The Morgan fingerprint density at radius 3 is 2.15 bits per heavy atom. The van der Waals surface area contributed by atoms with E-state index in [9.17, 15) is 4.79 Å². The van der Waals surface area contributed by atoms with Crippen LogP contribution in [0, 0.1) is 0 Å². The van der Waals surface area contributed by atoms with Crippen LogP contribution in [-0.4, -0.2) is 70.7 Å². The van der Waals surface area contributed by atoms with Crippen molar-refractivity contribution in [3.05, 3.63) is 12.2 Å². The Balaban J connectivity index is 3.47. The normalized spacial score (nSPS) is 12.2. The van der Waals surface area contributed by atoms with E-state index in [-0.39, 0.29) is 13.2 Å². The molecule has 0 aromatic heterocycles. The second kappa shape index (κ2) is 13.0. The Morgan fingerprint density at radius 2 is 1.65 bits per heavy atom. The lowest BCUT2D eigenvalue weighted by atomic mass is 10.4. The van der Waals surface area contributed by atoms with Crippen molar-refractivity contribution in [2.45, 2.75) is 13.2 Å². The van der Waals surface area contributed by atoms with Crippen LogP contribution in [0.25, 0.3) is 0 Å². The molecule has 1 N–H and O–H groups in total. The molecule has 0 aliphatic rings. The summed E-state index contributed by atoms with van der Waals surface area (Å²) in [6, 6.07) is 0. The van der Waals surface area contributed by atoms with Gasteiger partial charge in [-0.25, -0.2) is 4.79 Å². The van der Waals surface area contributed by atoms with Gasteiger partial charge in [0.15, 0.2) is 0 Å². The minimum Gasteiger partial charge on any atom is -0.430 e. The lowest BCUT2D eigenvalue weighted by Gasteiger charge is -2.16. The van der Waals surface area contributed by atoms with E-state index in [0.29, 0.717) is 38.6 Å². The van der Waals surface area contributed by atoms with E-state index in [1.807, 2.05) is 0 Å². The largest absolute Gasteiger partial charge is 0.430 e. The average Bonchev–Trinajstić information content (AvgIpc) is 2.43. The predicted octanol–water partition coefficient (Wildman–Crippen LogP) is 0.120. The molecule has 7 heteroatoms. The second-order valence-electron chi connectivity index (χ2n) is 3.87. The standard InChI is InChI=1S/C13H24O7/c1-11(2)13(15)20-12(16-3)10-19-9-8-18-7-6-17-5-4-14/h12,14H,1,4-10H2,2-3H3. The Labute approximate surface area is 119 Å². The van der Waals surface area contributed by atoms with Gasteiger partial charge in [0.05, 0.1) is 39.6 Å². The van der Waals surface area contributed by atoms with Gasteiger partial charge in [-0.2, -0.15) is 0 Å². The first-order valence-electron chi connectivity index (χ1n) is 6.35. The van der Waals surface area contributed by atoms with E-state index in [0.717, 1.165) is 0 Å². The number of carbonyl (C=O) groups is 1. The highest BCUT2D eigenvalue weighted by molar-refractivity contribution is 5.87. The molecule has 0 rings (SSSR count). The Kier molecular flexibility index (Phi) is 12.4. The molecule has 20 heavy (non-hydrogen) atoms. The molecule has 1 atom stereocenters. The molecule has 7 nitrogen and oxygen atoms in total. The van der Waals surface area contributed by atoms with E-state index in [2.05, 4.69) is 6.58 Å². The van der Waals surface area contributed by atoms with Crippen LogP contribution < -0.4 is 0 Å². The molecule has 0 saturated carbocycles. The van der Waals surface area contributed by atoms with Gasteiger partial charge in [0, 0.05) is 12.7 Å². The van der Waals surface area contributed by atoms with E-state index in [4.69, 9.17) is 28.8 Å². The van der Waals surface area contributed by atoms with Crippen LogP contribution in [0.2, 0.25) is 0 Å². The second-order valence-corrected chi connectivity index (χ2v) is 3.87. The summed E-state index contributed by atoms with van der Waals surface area (Å²) in [5.41, 5.74) is 0.304. The minimum atomic E-state index is -0.757. The molecule has 0 aliphatic carbocycles. The average molecular weight is 292 g/mol. The van der Waals surface area contributed by atoms with Gasteiger partial charge in [0.25, 0.3) is 0 Å². The van der Waals surface area contributed by atoms with Crippen molar-refractivity contribution in [3.63, 3.8) is 0 Å². The number of hydrogen-bond acceptors (Lipinski definition) is 7. The van der Waals surface area contributed by atoms with Crippen LogP contribution in [0.15, 0.2) is 12.2 Å². The summed E-state index contributed by atoms with van der Waals surface area (Å²) in [5, 5.41) is 8.47. The third-order valence-corrected chi connectivity index (χ3v) is 2.08. The number of rotatable bonds is 13. The summed E-state index contributed by atoms with van der Waals surface area (Å²) in [6.07, 6.45) is -0.757. The SMILES string of the molecule is C=C(C)C(=O)OC(COCCOCCOCCO)OC. The third kappa shape index (κ3) is 10.9. The Morgan fingerprint density at radius 1 is 1.10 bits per heavy atom. The third-order valence-electron chi connectivity index (χ3n) is 2.08. The quantitative estimate of drug-likeness (QED) is 0.223. The first-order chi connectivity index (χ1) is 9.61. The molecule has 0 saturated heterocycles. The number of hydrogen-bond donors (Lipinski definition) is 1. The number of ether oxygens (including phenoxy) is 5. The molecule has 0 radical (unpaired) electrons. The van der Waals surface area contributed by atoms with Gasteiger partial charge in [-0.05, 0) is 6.92 Å². The van der Waals surface area contributed by atoms with Crippen molar-refractivity contribution in [1.29, 1.82) is 0 Å². The Hall–Kier alpha value is -0.990. The lowest BCUT2D eigenvalue weighted by molar-refractivity contribution is -0.180. The van der Waals surface area contributed by atoms with Crippen molar-refractivity contribution in [1.82, 2.24) is 0 Å². The van der Waals surface area contributed by atoms with E-state index in [1.54, 1.807) is 6.92 Å². The number of esters is 1. The van der Waals surface area contributed by atoms with Gasteiger partial charge < -0.3 is 28.8 Å². The zero-order valence-electron chi connectivity index (χ0n) is 12.1. The summed E-state index contributed by atoms with van der Waals surface area (Å²) >= 11 is 0. The fourth-order valence-corrected chi connectivity index (χ4v) is 1.05. The van der Waals surface area contributed by atoms with E-state index in [1.165, 1.54) is 7.11 Å². The topological polar surface area (TPSA) is 83.5 Å². The molecule has 0 aliphatic heterocycles. The fraction of sp³-hybridized carbons (Fsp3) is 0.769. The molecule has 0 aromatic carbocycles. The maximum absolute atomic E-state index is 11.3. The summed E-state index contributed by atoms with van der Waals surface area (Å²) in [6.45, 7) is 7.08. The van der Waals surface area contributed by atoms with Gasteiger partial charge in [-0.1, -0.05) is 6.58 Å². The molecular formula is C13H24O7. The van der Waals surface area contributed by atoms with Crippen molar-refractivity contribution < 1.29 is 33.6 Å². The number of methoxy groups -OCH3 is 1. The number of aliphatic hydroxyl groups excluding tert-OH is 1. The first kappa shape index (κ1) is 19.0. The summed E-state index contributed by atoms with van der Waals surface area (Å²) in [4.78, 5) is 11.3. The minimum absolute atomic E-state index is 0.00439. The maximum atomic E-state index is 11.3. The first-order valence-corrected chi connectivity index (χ1v) is 6.35. The van der Waals surface area contributed by atoms with Crippen LogP contribution >= 0.6 is 0 Å². The highest BCUT2D eigenvalue weighted by atomic mass is 16.7. The molecular weight excluding hydrogens is 268 g/mol. The van der Waals surface area contributed by atoms with Gasteiger partial charge in [0.1, 0.15) is 6.61 Å². The van der Waals surface area contributed by atoms with Gasteiger partial charge in [-0.3, -0.25) is 0 Å². The smallest absolute Gasteiger partial charge is 0.335 e. The molecule has 0 fully saturated rings. The van der Waals surface area contributed by atoms with Gasteiger partial charge >= 0.3 is 5.97 Å². The van der Waals surface area contributed by atoms with E-state index >= 15 is 0 Å². The highest BCUT2D eigenvalue weighted by Gasteiger charge is 2.13. The van der Waals surface area contributed by atoms with Crippen LogP contribution in [0.5, 0.6) is 0 Å². The van der Waals surface area contributed by atoms with Crippen LogP contribution in [0.3, 0.4) is 0 Å². The van der Waals surface area contributed by atoms with Crippen molar-refractivity contribution in [2.75, 3.05) is 53.4 Å². The molecule has 0 aromatic rings. The van der Waals surface area contributed by atoms with Crippen LogP contribution in [0.1, 0.15) is 6.92 Å². The maximum Gasteiger partial charge on any atom is 0.335 e. The number of aliphatic hydroxyl groups is 1. The molecule has 0 amide bonds. The molecule has 0 heterocycles. The predicted molar refractivity (Wildman–Crippen MR) is 71.2 cm³/mol. The zero-order valence-corrected chi connectivity index (χ0v) is 12.1. The van der Waals surface area contributed by atoms with E-state index < -0.39 is 12.3 Å². The summed E-state index contributed by atoms with van der Waals surface area (Å²) in [7, 11) is 1.43. The monoisotopic (exact) mass is 292 g/mol. The van der Waals surface area contributed by atoms with Crippen LogP contribution in [0.4, 0.5) is 0 Å². The lowest BCUT2D eigenvalue weighted by Crippen LogP contribution is -2.26. The molecule has 118 valence electrons. The Bertz CT molecular complexity index is 267. The van der Waals surface area contributed by atoms with Crippen molar-refractivity contribution in [2.24, 2.45) is 0 Å². The van der Waals surface area contributed by atoms with Crippen LogP contribution in [-0.2, 0) is 28.5 Å². The van der Waals surface area contributed by atoms with Gasteiger partial charge in [0.2, 0.25) is 6.29 Å². The van der Waals surface area contributed by atoms with Gasteiger partial charge in [-0.15, -0.1) is 0 Å². The molecule has 0 bridgehead atoms. The number of carbonyl (C=O) groups excluding carboxylic acids is 1.